The molecule has 0 bridgehead atoms. The molecule has 0 aromatic carbocycles. The van der Waals surface area contributed by atoms with Crippen LogP contribution < -0.4 is 15.0 Å². The molecule has 2 aliphatic rings. The molecule has 2 fully saturated rings. The molecular weight excluding hydrogens is 527 g/mol. The molecular formula is C17H28BrIN6O2. The van der Waals surface area contributed by atoms with Gasteiger partial charge in [0.2, 0.25) is 11.8 Å². The largest absolute Gasteiger partial charge is 0.480 e. The van der Waals surface area contributed by atoms with Gasteiger partial charge in [0.1, 0.15) is 0 Å². The molecule has 2 saturated heterocycles. The molecule has 0 aliphatic carbocycles. The second-order valence-electron chi connectivity index (χ2n) is 6.33. The molecule has 0 saturated carbocycles. The summed E-state index contributed by atoms with van der Waals surface area (Å²) in [6.45, 7) is 7.99. The van der Waals surface area contributed by atoms with E-state index in [9.17, 15) is 0 Å². The van der Waals surface area contributed by atoms with Gasteiger partial charge in [0.25, 0.3) is 0 Å². The summed E-state index contributed by atoms with van der Waals surface area (Å²) >= 11 is 3.39. The van der Waals surface area contributed by atoms with Crippen molar-refractivity contribution >= 4 is 51.8 Å². The molecule has 3 heterocycles. The van der Waals surface area contributed by atoms with Crippen LogP contribution in [-0.4, -0.2) is 79.9 Å². The number of nitrogens with zero attached hydrogens (tertiary/aromatic N) is 5. The van der Waals surface area contributed by atoms with Gasteiger partial charge in [-0.1, -0.05) is 0 Å². The molecule has 1 atom stereocenters. The lowest BCUT2D eigenvalue weighted by molar-refractivity contribution is 0.117. The van der Waals surface area contributed by atoms with E-state index in [1.54, 1.807) is 13.3 Å². The molecule has 3 rings (SSSR count). The topological polar surface area (TPSA) is 75.1 Å². The number of hydrogen-bond acceptors (Lipinski definition) is 6. The lowest BCUT2D eigenvalue weighted by atomic mass is 10.2. The lowest BCUT2D eigenvalue weighted by Crippen LogP contribution is -2.53. The smallest absolute Gasteiger partial charge is 0.232 e. The highest BCUT2D eigenvalue weighted by Crippen LogP contribution is 2.24. The van der Waals surface area contributed by atoms with Gasteiger partial charge in [0.15, 0.2) is 5.96 Å². The first-order chi connectivity index (χ1) is 12.7. The summed E-state index contributed by atoms with van der Waals surface area (Å²) < 4.78 is 11.7. The first-order valence-electron chi connectivity index (χ1n) is 9.17. The van der Waals surface area contributed by atoms with Crippen molar-refractivity contribution in [3.8, 4) is 5.88 Å². The quantitative estimate of drug-likeness (QED) is 0.339. The second kappa shape index (κ2) is 11.2. The van der Waals surface area contributed by atoms with Gasteiger partial charge in [-0.3, -0.25) is 4.99 Å². The van der Waals surface area contributed by atoms with E-state index >= 15 is 0 Å². The van der Waals surface area contributed by atoms with E-state index in [4.69, 9.17) is 14.5 Å². The number of aromatic nitrogens is 2. The number of methoxy groups -OCH3 is 1. The number of halogens is 2. The van der Waals surface area contributed by atoms with E-state index in [1.807, 2.05) is 0 Å². The SMILES string of the molecule is CCNC(=NCC1CCCO1)N1CCN(c2ncc(Br)c(OC)n2)CC1.I. The summed E-state index contributed by atoms with van der Waals surface area (Å²) in [4.78, 5) is 18.1. The summed E-state index contributed by atoms with van der Waals surface area (Å²) in [6, 6.07) is 0. The van der Waals surface area contributed by atoms with E-state index in [-0.39, 0.29) is 30.1 Å². The number of aliphatic imine (C=N–C) groups is 1. The van der Waals surface area contributed by atoms with Crippen molar-refractivity contribution < 1.29 is 9.47 Å². The third kappa shape index (κ3) is 6.05. The number of guanidine groups is 1. The van der Waals surface area contributed by atoms with Crippen LogP contribution in [0.2, 0.25) is 0 Å². The molecule has 152 valence electrons. The summed E-state index contributed by atoms with van der Waals surface area (Å²) in [5.74, 6) is 2.23. The van der Waals surface area contributed by atoms with Crippen LogP contribution in [0.4, 0.5) is 5.95 Å². The van der Waals surface area contributed by atoms with Crippen molar-refractivity contribution in [3.63, 3.8) is 0 Å². The second-order valence-corrected chi connectivity index (χ2v) is 7.19. The van der Waals surface area contributed by atoms with Gasteiger partial charge < -0.3 is 24.6 Å². The first-order valence-corrected chi connectivity index (χ1v) is 9.97. The highest BCUT2D eigenvalue weighted by Gasteiger charge is 2.23. The van der Waals surface area contributed by atoms with Crippen LogP contribution in [0.15, 0.2) is 15.7 Å². The fraction of sp³-hybridized carbons (Fsp3) is 0.706. The van der Waals surface area contributed by atoms with E-state index in [0.29, 0.717) is 11.8 Å². The van der Waals surface area contributed by atoms with Crippen LogP contribution in [0.25, 0.3) is 0 Å². The zero-order valence-corrected chi connectivity index (χ0v) is 19.8. The van der Waals surface area contributed by atoms with Gasteiger partial charge in [-0.05, 0) is 35.7 Å². The predicted octanol–water partition coefficient (Wildman–Crippen LogP) is 2.13. The Labute approximate surface area is 186 Å². The minimum atomic E-state index is 0. The molecule has 27 heavy (non-hydrogen) atoms. The first kappa shape index (κ1) is 22.4. The Morgan fingerprint density at radius 3 is 2.81 bits per heavy atom. The van der Waals surface area contributed by atoms with Crippen molar-refractivity contribution in [2.75, 3.05) is 57.9 Å². The van der Waals surface area contributed by atoms with Crippen LogP contribution in [0.3, 0.4) is 0 Å². The standard InChI is InChI=1S/C17H27BrN6O2.HI/c1-3-19-16(20-11-13-5-4-10-26-13)23-6-8-24(9-7-23)17-21-12-14(18)15(22-17)25-2;/h12-13H,3-11H2,1-2H3,(H,19,20);1H. The minimum Gasteiger partial charge on any atom is -0.480 e. The zero-order chi connectivity index (χ0) is 18.4. The fourth-order valence-corrected chi connectivity index (χ4v) is 3.51. The normalized spacial score (nSPS) is 20.4. The fourth-order valence-electron chi connectivity index (χ4n) is 3.16. The Morgan fingerprint density at radius 2 is 2.19 bits per heavy atom. The van der Waals surface area contributed by atoms with Crippen molar-refractivity contribution in [1.29, 1.82) is 0 Å². The average molecular weight is 555 g/mol. The van der Waals surface area contributed by atoms with E-state index in [2.05, 4.69) is 47.9 Å². The Hall–Kier alpha value is -0.880. The van der Waals surface area contributed by atoms with Gasteiger partial charge in [-0.15, -0.1) is 24.0 Å². The zero-order valence-electron chi connectivity index (χ0n) is 15.9. The number of rotatable bonds is 5. The minimum absolute atomic E-state index is 0. The van der Waals surface area contributed by atoms with Gasteiger partial charge in [0, 0.05) is 39.3 Å². The number of anilines is 1. The number of nitrogens with one attached hydrogen (secondary N) is 1. The molecule has 0 radical (unpaired) electrons. The summed E-state index contributed by atoms with van der Waals surface area (Å²) in [6.07, 6.45) is 4.26. The number of ether oxygens (including phenoxy) is 2. The Morgan fingerprint density at radius 1 is 1.41 bits per heavy atom. The highest BCUT2D eigenvalue weighted by molar-refractivity contribution is 14.0. The van der Waals surface area contributed by atoms with Crippen molar-refractivity contribution in [1.82, 2.24) is 20.2 Å². The maximum absolute atomic E-state index is 5.68. The maximum atomic E-state index is 5.68. The molecule has 10 heteroatoms. The summed E-state index contributed by atoms with van der Waals surface area (Å²) in [5.41, 5.74) is 0. The van der Waals surface area contributed by atoms with Crippen LogP contribution in [0, 0.1) is 0 Å². The average Bonchev–Trinajstić information content (AvgIpc) is 3.19. The van der Waals surface area contributed by atoms with Crippen molar-refractivity contribution in [2.45, 2.75) is 25.9 Å². The molecule has 1 unspecified atom stereocenters. The highest BCUT2D eigenvalue weighted by atomic mass is 127. The number of piperazine rings is 1. The lowest BCUT2D eigenvalue weighted by Gasteiger charge is -2.36. The van der Waals surface area contributed by atoms with Crippen LogP contribution in [0.1, 0.15) is 19.8 Å². The van der Waals surface area contributed by atoms with E-state index in [1.165, 1.54) is 0 Å². The van der Waals surface area contributed by atoms with Crippen LogP contribution in [0.5, 0.6) is 5.88 Å². The number of hydrogen-bond donors (Lipinski definition) is 1. The summed E-state index contributed by atoms with van der Waals surface area (Å²) in [7, 11) is 1.61. The van der Waals surface area contributed by atoms with Gasteiger partial charge in [-0.2, -0.15) is 4.98 Å². The molecule has 8 nitrogen and oxygen atoms in total. The third-order valence-electron chi connectivity index (χ3n) is 4.56. The molecule has 0 amide bonds. The summed E-state index contributed by atoms with van der Waals surface area (Å²) in [5, 5.41) is 3.40. The molecule has 1 N–H and O–H groups in total. The Kier molecular flexibility index (Phi) is 9.30. The van der Waals surface area contributed by atoms with Crippen molar-refractivity contribution in [3.05, 3.63) is 10.7 Å². The van der Waals surface area contributed by atoms with Gasteiger partial charge >= 0.3 is 0 Å². The Bertz CT molecular complexity index is 621. The van der Waals surface area contributed by atoms with E-state index in [0.717, 1.165) is 69.1 Å². The van der Waals surface area contributed by atoms with Crippen LogP contribution >= 0.6 is 39.9 Å². The molecule has 0 spiro atoms. The predicted molar refractivity (Wildman–Crippen MR) is 120 cm³/mol. The Balaban J connectivity index is 0.00000261. The molecule has 1 aromatic rings. The monoisotopic (exact) mass is 554 g/mol. The molecule has 1 aromatic heterocycles. The van der Waals surface area contributed by atoms with Crippen LogP contribution in [-0.2, 0) is 4.74 Å². The van der Waals surface area contributed by atoms with Gasteiger partial charge in [0.05, 0.1) is 30.4 Å². The molecule has 2 aliphatic heterocycles. The van der Waals surface area contributed by atoms with Gasteiger partial charge in [-0.25, -0.2) is 4.98 Å². The van der Waals surface area contributed by atoms with Crippen molar-refractivity contribution in [2.24, 2.45) is 4.99 Å². The third-order valence-corrected chi connectivity index (χ3v) is 5.10. The van der Waals surface area contributed by atoms with E-state index < -0.39 is 0 Å². The maximum Gasteiger partial charge on any atom is 0.232 e.